The summed E-state index contributed by atoms with van der Waals surface area (Å²) in [4.78, 5) is 15.8. The molecule has 0 amide bonds. The van der Waals surface area contributed by atoms with Gasteiger partial charge in [0.25, 0.3) is 0 Å². The third-order valence-corrected chi connectivity index (χ3v) is 5.95. The molecule has 9 heteroatoms. The Bertz CT molecular complexity index is 1340. The first-order valence-electron chi connectivity index (χ1n) is 9.13. The predicted molar refractivity (Wildman–Crippen MR) is 110 cm³/mol. The molecule has 0 aliphatic rings. The van der Waals surface area contributed by atoms with Gasteiger partial charge in [-0.3, -0.25) is 9.55 Å². The second kappa shape index (κ2) is 8.13. The van der Waals surface area contributed by atoms with Crippen molar-refractivity contribution < 1.29 is 17.6 Å². The van der Waals surface area contributed by atoms with E-state index in [9.17, 15) is 13.2 Å². The Labute approximate surface area is 172 Å². The van der Waals surface area contributed by atoms with Crippen LogP contribution in [0, 0.1) is 0 Å². The second-order valence-electron chi connectivity index (χ2n) is 6.64. The number of pyridine rings is 1. The predicted octanol–water partition coefficient (Wildman–Crippen LogP) is 2.58. The van der Waals surface area contributed by atoms with Gasteiger partial charge in [0, 0.05) is 25.9 Å². The van der Waals surface area contributed by atoms with Crippen molar-refractivity contribution in [2.45, 2.75) is 18.0 Å². The van der Waals surface area contributed by atoms with Gasteiger partial charge in [0.05, 0.1) is 16.1 Å². The number of hydrogen-bond acceptors (Lipinski definition) is 6. The molecule has 2 aromatic heterocycles. The number of ether oxygens (including phenoxy) is 1. The van der Waals surface area contributed by atoms with Crippen LogP contribution < -0.4 is 15.2 Å². The fraction of sp³-hybridized carbons (Fsp3) is 0.143. The van der Waals surface area contributed by atoms with Gasteiger partial charge in [-0.05, 0) is 42.0 Å². The van der Waals surface area contributed by atoms with Gasteiger partial charge >= 0.3 is 5.76 Å². The number of rotatable bonds is 7. The summed E-state index contributed by atoms with van der Waals surface area (Å²) in [6.07, 6.45) is 1.70. The van der Waals surface area contributed by atoms with Crippen LogP contribution in [-0.2, 0) is 30.2 Å². The van der Waals surface area contributed by atoms with E-state index < -0.39 is 15.8 Å². The van der Waals surface area contributed by atoms with Crippen molar-refractivity contribution in [3.05, 3.63) is 88.7 Å². The van der Waals surface area contributed by atoms with E-state index in [-0.39, 0.29) is 17.0 Å². The van der Waals surface area contributed by atoms with Gasteiger partial charge < -0.3 is 9.15 Å². The molecule has 0 saturated carbocycles. The lowest BCUT2D eigenvalue weighted by molar-refractivity contribution is 0.301. The van der Waals surface area contributed by atoms with Crippen molar-refractivity contribution >= 4 is 21.1 Å². The van der Waals surface area contributed by atoms with Gasteiger partial charge in [0.15, 0.2) is 5.58 Å². The first kappa shape index (κ1) is 19.9. The lowest BCUT2D eigenvalue weighted by Gasteiger charge is -2.09. The van der Waals surface area contributed by atoms with E-state index in [4.69, 9.17) is 9.15 Å². The van der Waals surface area contributed by atoms with Gasteiger partial charge in [0.1, 0.15) is 12.4 Å². The van der Waals surface area contributed by atoms with Crippen LogP contribution >= 0.6 is 0 Å². The minimum atomic E-state index is -3.79. The minimum Gasteiger partial charge on any atom is -0.487 e. The van der Waals surface area contributed by atoms with Crippen LogP contribution in [0.1, 0.15) is 11.3 Å². The highest BCUT2D eigenvalue weighted by molar-refractivity contribution is 7.89. The molecular weight excluding hydrogens is 406 g/mol. The third kappa shape index (κ3) is 4.27. The van der Waals surface area contributed by atoms with Crippen LogP contribution in [0.15, 0.2) is 81.0 Å². The monoisotopic (exact) mass is 425 g/mol. The van der Waals surface area contributed by atoms with Gasteiger partial charge in [-0.25, -0.2) is 17.9 Å². The van der Waals surface area contributed by atoms with E-state index >= 15 is 0 Å². The highest BCUT2D eigenvalue weighted by atomic mass is 32.2. The number of nitrogens with zero attached hydrogens (tertiary/aromatic N) is 2. The van der Waals surface area contributed by atoms with E-state index in [0.29, 0.717) is 17.9 Å². The molecule has 0 saturated heterocycles. The molecule has 2 aromatic carbocycles. The zero-order chi connectivity index (χ0) is 21.1. The van der Waals surface area contributed by atoms with Crippen molar-refractivity contribution in [1.82, 2.24) is 14.3 Å². The van der Waals surface area contributed by atoms with Gasteiger partial charge in [-0.2, -0.15) is 0 Å². The molecule has 0 bridgehead atoms. The first-order chi connectivity index (χ1) is 14.4. The summed E-state index contributed by atoms with van der Waals surface area (Å²) in [7, 11) is -2.23. The smallest absolute Gasteiger partial charge is 0.419 e. The SMILES string of the molecule is Cn1c(=O)oc2cc(S(=O)(=O)NCc3cccc(OCc4ccccn4)c3)ccc21. The topological polar surface area (TPSA) is 103 Å². The summed E-state index contributed by atoms with van der Waals surface area (Å²) in [6.45, 7) is 0.401. The Morgan fingerprint density at radius 2 is 1.97 bits per heavy atom. The average Bonchev–Trinajstić information content (AvgIpc) is 3.05. The summed E-state index contributed by atoms with van der Waals surface area (Å²) in [5.74, 6) is 0.0693. The van der Waals surface area contributed by atoms with Crippen LogP contribution in [0.4, 0.5) is 0 Å². The fourth-order valence-corrected chi connectivity index (χ4v) is 3.96. The molecule has 2 heterocycles. The molecule has 30 heavy (non-hydrogen) atoms. The summed E-state index contributed by atoms with van der Waals surface area (Å²) in [5.41, 5.74) is 2.28. The summed E-state index contributed by atoms with van der Waals surface area (Å²) < 4.78 is 40.0. The number of hydrogen-bond donors (Lipinski definition) is 1. The maximum atomic E-state index is 12.7. The van der Waals surface area contributed by atoms with Gasteiger partial charge in [0.2, 0.25) is 10.0 Å². The standard InChI is InChI=1S/C21H19N3O5S/c1-24-19-9-8-18(12-20(19)29-21(24)25)30(26,27)23-13-15-5-4-7-17(11-15)28-14-16-6-2-3-10-22-16/h2-12,23H,13-14H2,1H3. The highest BCUT2D eigenvalue weighted by Crippen LogP contribution is 2.19. The Morgan fingerprint density at radius 1 is 1.10 bits per heavy atom. The van der Waals surface area contributed by atoms with Crippen molar-refractivity contribution in [2.75, 3.05) is 0 Å². The van der Waals surface area contributed by atoms with E-state index in [1.807, 2.05) is 18.2 Å². The first-order valence-corrected chi connectivity index (χ1v) is 10.6. The minimum absolute atomic E-state index is 0.0203. The van der Waals surface area contributed by atoms with Crippen LogP contribution in [0.5, 0.6) is 5.75 Å². The normalized spacial score (nSPS) is 11.6. The Hall–Kier alpha value is -3.43. The highest BCUT2D eigenvalue weighted by Gasteiger charge is 2.17. The average molecular weight is 425 g/mol. The maximum Gasteiger partial charge on any atom is 0.419 e. The number of benzene rings is 2. The van der Waals surface area contributed by atoms with Crippen LogP contribution in [0.25, 0.3) is 11.1 Å². The molecule has 0 aliphatic carbocycles. The Balaban J connectivity index is 1.45. The zero-order valence-electron chi connectivity index (χ0n) is 16.1. The number of aryl methyl sites for hydroxylation is 1. The Morgan fingerprint density at radius 3 is 2.77 bits per heavy atom. The van der Waals surface area contributed by atoms with Crippen LogP contribution in [-0.4, -0.2) is 18.0 Å². The molecule has 154 valence electrons. The lowest BCUT2D eigenvalue weighted by atomic mass is 10.2. The third-order valence-electron chi connectivity index (χ3n) is 4.55. The number of fused-ring (bicyclic) bond motifs is 1. The molecule has 0 spiro atoms. The second-order valence-corrected chi connectivity index (χ2v) is 8.41. The van der Waals surface area contributed by atoms with Crippen LogP contribution in [0.2, 0.25) is 0 Å². The van der Waals surface area contributed by atoms with E-state index in [1.165, 1.54) is 16.7 Å². The van der Waals surface area contributed by atoms with Crippen molar-refractivity contribution in [2.24, 2.45) is 7.05 Å². The molecule has 0 radical (unpaired) electrons. The van der Waals surface area contributed by atoms with Crippen LogP contribution in [0.3, 0.4) is 0 Å². The maximum absolute atomic E-state index is 12.7. The molecule has 8 nitrogen and oxygen atoms in total. The molecule has 4 rings (SSSR count). The summed E-state index contributed by atoms with van der Waals surface area (Å²) in [6, 6.07) is 17.1. The molecule has 0 unspecified atom stereocenters. The fourth-order valence-electron chi connectivity index (χ4n) is 2.93. The number of aromatic nitrogens is 2. The quantitative estimate of drug-likeness (QED) is 0.488. The molecular formula is C21H19N3O5S. The zero-order valence-corrected chi connectivity index (χ0v) is 16.9. The molecule has 0 atom stereocenters. The largest absolute Gasteiger partial charge is 0.487 e. The van der Waals surface area contributed by atoms with E-state index in [2.05, 4.69) is 9.71 Å². The lowest BCUT2D eigenvalue weighted by Crippen LogP contribution is -2.23. The summed E-state index contributed by atoms with van der Waals surface area (Å²) >= 11 is 0. The van der Waals surface area contributed by atoms with E-state index in [1.54, 1.807) is 43.6 Å². The molecule has 1 N–H and O–H groups in total. The number of nitrogens with one attached hydrogen (secondary N) is 1. The summed E-state index contributed by atoms with van der Waals surface area (Å²) in [5, 5.41) is 0. The molecule has 4 aromatic rings. The number of sulfonamides is 1. The molecule has 0 fully saturated rings. The van der Waals surface area contributed by atoms with Gasteiger partial charge in [-0.15, -0.1) is 0 Å². The van der Waals surface area contributed by atoms with Gasteiger partial charge in [-0.1, -0.05) is 18.2 Å². The van der Waals surface area contributed by atoms with E-state index in [0.717, 1.165) is 11.3 Å². The van der Waals surface area contributed by atoms with Crippen molar-refractivity contribution in [1.29, 1.82) is 0 Å². The molecule has 0 aliphatic heterocycles. The van der Waals surface area contributed by atoms with Crippen molar-refractivity contribution in [3.63, 3.8) is 0 Å². The Kier molecular flexibility index (Phi) is 5.39. The number of oxazole rings is 1. The van der Waals surface area contributed by atoms with Crippen molar-refractivity contribution in [3.8, 4) is 5.75 Å².